The number of hydrogen-bond donors (Lipinski definition) is 0. The molecular weight excluding hydrogens is 208 g/mol. The highest BCUT2D eigenvalue weighted by molar-refractivity contribution is 5.88. The minimum Gasteiger partial charge on any atom is -0.295 e. The van der Waals surface area contributed by atoms with Gasteiger partial charge in [0.25, 0.3) is 0 Å². The van der Waals surface area contributed by atoms with Crippen molar-refractivity contribution in [3.63, 3.8) is 0 Å². The van der Waals surface area contributed by atoms with Gasteiger partial charge in [-0.1, -0.05) is 64.9 Å². The molecule has 1 heteroatoms. The number of ketones is 1. The molecule has 98 valence electrons. The minimum absolute atomic E-state index is 0.210. The predicted molar refractivity (Wildman–Crippen MR) is 74.0 cm³/mol. The van der Waals surface area contributed by atoms with Gasteiger partial charge in [-0.05, 0) is 24.3 Å². The standard InChI is InChI=1S/C16H28O/c1-3-5-7-14-10-12-15(13-11-14)8-6-9-16(17)4-2/h4,14-15H,2-3,5-13H2,1H3/t14-,15-. The molecule has 0 heterocycles. The zero-order valence-corrected chi connectivity index (χ0v) is 11.4. The lowest BCUT2D eigenvalue weighted by molar-refractivity contribution is -0.114. The third-order valence-corrected chi connectivity index (χ3v) is 4.20. The van der Waals surface area contributed by atoms with E-state index in [2.05, 4.69) is 13.5 Å². The summed E-state index contributed by atoms with van der Waals surface area (Å²) in [7, 11) is 0. The molecule has 0 aromatic carbocycles. The second-order valence-electron chi connectivity index (χ2n) is 5.59. The summed E-state index contributed by atoms with van der Waals surface area (Å²) in [5.74, 6) is 2.10. The first-order valence-electron chi connectivity index (χ1n) is 7.41. The lowest BCUT2D eigenvalue weighted by Crippen LogP contribution is -2.14. The van der Waals surface area contributed by atoms with Gasteiger partial charge in [0.05, 0.1) is 0 Å². The van der Waals surface area contributed by atoms with Crippen LogP contribution in [0.1, 0.15) is 71.1 Å². The fourth-order valence-corrected chi connectivity index (χ4v) is 2.97. The summed E-state index contributed by atoms with van der Waals surface area (Å²) in [5.41, 5.74) is 0. The summed E-state index contributed by atoms with van der Waals surface area (Å²) in [6.45, 7) is 5.79. The van der Waals surface area contributed by atoms with Gasteiger partial charge < -0.3 is 0 Å². The van der Waals surface area contributed by atoms with Crippen molar-refractivity contribution in [3.05, 3.63) is 12.7 Å². The van der Waals surface area contributed by atoms with Crippen LogP contribution >= 0.6 is 0 Å². The number of rotatable bonds is 8. The number of allylic oxidation sites excluding steroid dienone is 1. The number of carbonyl (C=O) groups excluding carboxylic acids is 1. The Morgan fingerprint density at radius 3 is 2.12 bits per heavy atom. The largest absolute Gasteiger partial charge is 0.295 e. The van der Waals surface area contributed by atoms with E-state index in [0.717, 1.165) is 18.3 Å². The molecule has 0 aromatic heterocycles. The van der Waals surface area contributed by atoms with Crippen LogP contribution in [0.25, 0.3) is 0 Å². The normalized spacial score (nSPS) is 24.5. The van der Waals surface area contributed by atoms with Crippen LogP contribution in [0, 0.1) is 11.8 Å². The first-order chi connectivity index (χ1) is 8.26. The van der Waals surface area contributed by atoms with Gasteiger partial charge in [-0.3, -0.25) is 4.79 Å². The Bertz CT molecular complexity index is 224. The lowest BCUT2D eigenvalue weighted by Gasteiger charge is -2.28. The molecule has 0 aromatic rings. The summed E-state index contributed by atoms with van der Waals surface area (Å²) < 4.78 is 0. The SMILES string of the molecule is C=CC(=O)CCC[C@H]1CC[C@H](CCCC)CC1. The van der Waals surface area contributed by atoms with Crippen molar-refractivity contribution in [3.8, 4) is 0 Å². The van der Waals surface area contributed by atoms with E-state index >= 15 is 0 Å². The molecular formula is C16H28O. The fourth-order valence-electron chi connectivity index (χ4n) is 2.97. The second-order valence-corrected chi connectivity index (χ2v) is 5.59. The van der Waals surface area contributed by atoms with E-state index in [9.17, 15) is 4.79 Å². The molecule has 1 saturated carbocycles. The third kappa shape index (κ3) is 6.05. The maximum absolute atomic E-state index is 11.1. The molecule has 0 amide bonds. The molecule has 0 bridgehead atoms. The van der Waals surface area contributed by atoms with Gasteiger partial charge in [0, 0.05) is 6.42 Å². The van der Waals surface area contributed by atoms with E-state index in [0.29, 0.717) is 6.42 Å². The lowest BCUT2D eigenvalue weighted by atomic mass is 9.78. The van der Waals surface area contributed by atoms with Gasteiger partial charge in [-0.15, -0.1) is 0 Å². The Labute approximate surface area is 107 Å². The first kappa shape index (κ1) is 14.5. The summed E-state index contributed by atoms with van der Waals surface area (Å²) in [4.78, 5) is 11.1. The zero-order chi connectivity index (χ0) is 12.5. The molecule has 0 saturated heterocycles. The monoisotopic (exact) mass is 236 g/mol. The maximum Gasteiger partial charge on any atom is 0.155 e. The molecule has 1 fully saturated rings. The Balaban J connectivity index is 2.06. The van der Waals surface area contributed by atoms with Crippen molar-refractivity contribution in [2.24, 2.45) is 11.8 Å². The van der Waals surface area contributed by atoms with Crippen LogP contribution in [0.3, 0.4) is 0 Å². The van der Waals surface area contributed by atoms with E-state index in [1.165, 1.54) is 57.4 Å². The molecule has 1 aliphatic carbocycles. The van der Waals surface area contributed by atoms with Gasteiger partial charge in [0.1, 0.15) is 0 Å². The smallest absolute Gasteiger partial charge is 0.155 e. The Morgan fingerprint density at radius 1 is 1.12 bits per heavy atom. The summed E-state index contributed by atoms with van der Waals surface area (Å²) in [5, 5.41) is 0. The van der Waals surface area contributed by atoms with Crippen molar-refractivity contribution in [2.75, 3.05) is 0 Å². The molecule has 0 unspecified atom stereocenters. The van der Waals surface area contributed by atoms with Crippen molar-refractivity contribution in [1.29, 1.82) is 0 Å². The highest BCUT2D eigenvalue weighted by Crippen LogP contribution is 2.34. The van der Waals surface area contributed by atoms with Crippen LogP contribution < -0.4 is 0 Å². The summed E-state index contributed by atoms with van der Waals surface area (Å²) >= 11 is 0. The van der Waals surface area contributed by atoms with Crippen LogP contribution in [0.2, 0.25) is 0 Å². The molecule has 1 aliphatic rings. The van der Waals surface area contributed by atoms with Crippen molar-refractivity contribution >= 4 is 5.78 Å². The van der Waals surface area contributed by atoms with E-state index in [1.54, 1.807) is 0 Å². The molecule has 0 atom stereocenters. The van der Waals surface area contributed by atoms with Crippen LogP contribution in [-0.4, -0.2) is 5.78 Å². The van der Waals surface area contributed by atoms with E-state index in [4.69, 9.17) is 0 Å². The van der Waals surface area contributed by atoms with E-state index < -0.39 is 0 Å². The van der Waals surface area contributed by atoms with E-state index in [1.807, 2.05) is 0 Å². The highest BCUT2D eigenvalue weighted by Gasteiger charge is 2.20. The van der Waals surface area contributed by atoms with Gasteiger partial charge >= 0.3 is 0 Å². The van der Waals surface area contributed by atoms with Crippen molar-refractivity contribution in [2.45, 2.75) is 71.1 Å². The number of carbonyl (C=O) groups is 1. The van der Waals surface area contributed by atoms with Crippen LogP contribution in [-0.2, 0) is 4.79 Å². The third-order valence-electron chi connectivity index (χ3n) is 4.20. The number of hydrogen-bond acceptors (Lipinski definition) is 1. The Kier molecular flexibility index (Phi) is 7.23. The topological polar surface area (TPSA) is 17.1 Å². The molecule has 0 radical (unpaired) electrons. The molecule has 0 spiro atoms. The van der Waals surface area contributed by atoms with Crippen molar-refractivity contribution < 1.29 is 4.79 Å². The van der Waals surface area contributed by atoms with Crippen LogP contribution in [0.4, 0.5) is 0 Å². The zero-order valence-electron chi connectivity index (χ0n) is 11.4. The fraction of sp³-hybridized carbons (Fsp3) is 0.812. The molecule has 0 N–H and O–H groups in total. The van der Waals surface area contributed by atoms with Crippen LogP contribution in [0.5, 0.6) is 0 Å². The van der Waals surface area contributed by atoms with Gasteiger partial charge in [-0.2, -0.15) is 0 Å². The highest BCUT2D eigenvalue weighted by atomic mass is 16.1. The van der Waals surface area contributed by atoms with Crippen LogP contribution in [0.15, 0.2) is 12.7 Å². The maximum atomic E-state index is 11.1. The van der Waals surface area contributed by atoms with Crippen molar-refractivity contribution in [1.82, 2.24) is 0 Å². The quantitative estimate of drug-likeness (QED) is 0.547. The Hall–Kier alpha value is -0.590. The second kappa shape index (κ2) is 8.49. The minimum atomic E-state index is 0.210. The van der Waals surface area contributed by atoms with Gasteiger partial charge in [-0.25, -0.2) is 0 Å². The predicted octanol–water partition coefficient (Wildman–Crippen LogP) is 4.91. The molecule has 1 rings (SSSR count). The van der Waals surface area contributed by atoms with Gasteiger partial charge in [0.2, 0.25) is 0 Å². The Morgan fingerprint density at radius 2 is 1.65 bits per heavy atom. The van der Waals surface area contributed by atoms with E-state index in [-0.39, 0.29) is 5.78 Å². The van der Waals surface area contributed by atoms with Gasteiger partial charge in [0.15, 0.2) is 5.78 Å². The summed E-state index contributed by atoms with van der Waals surface area (Å²) in [6, 6.07) is 0. The average molecular weight is 236 g/mol. The molecule has 17 heavy (non-hydrogen) atoms. The molecule has 0 aliphatic heterocycles. The number of unbranched alkanes of at least 4 members (excludes halogenated alkanes) is 1. The summed E-state index contributed by atoms with van der Waals surface area (Å²) in [6.07, 6.45) is 14.3. The average Bonchev–Trinajstić information content (AvgIpc) is 2.37. The molecule has 1 nitrogen and oxygen atoms in total. The first-order valence-corrected chi connectivity index (χ1v) is 7.41.